The van der Waals surface area contributed by atoms with E-state index in [2.05, 4.69) is 19.7 Å². The zero-order valence-electron chi connectivity index (χ0n) is 16.1. The van der Waals surface area contributed by atoms with Crippen molar-refractivity contribution in [2.24, 2.45) is 0 Å². The van der Waals surface area contributed by atoms with Gasteiger partial charge in [-0.1, -0.05) is 0 Å². The van der Waals surface area contributed by atoms with E-state index in [1.54, 1.807) is 31.7 Å². The summed E-state index contributed by atoms with van der Waals surface area (Å²) in [6.45, 7) is 4.89. The summed E-state index contributed by atoms with van der Waals surface area (Å²) in [4.78, 5) is 23.5. The van der Waals surface area contributed by atoms with Gasteiger partial charge in [-0.2, -0.15) is 0 Å². The summed E-state index contributed by atoms with van der Waals surface area (Å²) in [5.74, 6) is 0.283. The van der Waals surface area contributed by atoms with Gasteiger partial charge in [0.2, 0.25) is 6.79 Å². The fourth-order valence-corrected chi connectivity index (χ4v) is 3.04. The van der Waals surface area contributed by atoms with E-state index in [1.165, 1.54) is 13.4 Å². The van der Waals surface area contributed by atoms with E-state index in [0.29, 0.717) is 17.7 Å². The average Bonchev–Trinajstić information content (AvgIpc) is 3.04. The summed E-state index contributed by atoms with van der Waals surface area (Å²) in [5, 5.41) is 0. The lowest BCUT2D eigenvalue weighted by atomic mass is 10.4. The minimum Gasteiger partial charge on any atom is -0.432 e. The molecule has 0 aromatic carbocycles. The van der Waals surface area contributed by atoms with E-state index in [1.807, 2.05) is 0 Å². The number of hydrogen-bond donors (Lipinski definition) is 1. The maximum atomic E-state index is 12.5. The van der Waals surface area contributed by atoms with Crippen molar-refractivity contribution in [3.8, 4) is 0 Å². The van der Waals surface area contributed by atoms with E-state index < -0.39 is 20.5 Å². The molecule has 0 spiro atoms. The van der Waals surface area contributed by atoms with Crippen LogP contribution in [0.15, 0.2) is 12.7 Å². The molecule has 0 amide bonds. The highest BCUT2D eigenvalue weighted by atomic mass is 31.2. The van der Waals surface area contributed by atoms with Gasteiger partial charge in [0.25, 0.3) is 0 Å². The molecule has 12 nitrogen and oxygen atoms in total. The molecule has 2 aromatic heterocycles. The highest BCUT2D eigenvalue weighted by molar-refractivity contribution is 7.53. The lowest BCUT2D eigenvalue weighted by molar-refractivity contribution is -0.0167. The summed E-state index contributed by atoms with van der Waals surface area (Å²) < 4.78 is 39.2. The summed E-state index contributed by atoms with van der Waals surface area (Å²) in [6.07, 6.45) is 0.921. The molecule has 0 aliphatic rings. The van der Waals surface area contributed by atoms with Crippen LogP contribution in [0, 0.1) is 0 Å². The highest BCUT2D eigenvalue weighted by Crippen LogP contribution is 2.47. The average molecular weight is 417 g/mol. The van der Waals surface area contributed by atoms with Gasteiger partial charge in [0, 0.05) is 7.11 Å². The minimum absolute atomic E-state index is 0.283. The van der Waals surface area contributed by atoms with Crippen molar-refractivity contribution in [1.82, 2.24) is 19.5 Å². The van der Waals surface area contributed by atoms with E-state index in [0.717, 1.165) is 0 Å². The summed E-state index contributed by atoms with van der Waals surface area (Å²) >= 11 is 0. The van der Waals surface area contributed by atoms with Gasteiger partial charge in [0.05, 0.1) is 25.1 Å². The topological polar surface area (TPSA) is 150 Å². The van der Waals surface area contributed by atoms with Crippen molar-refractivity contribution in [1.29, 1.82) is 0 Å². The number of nitrogen functional groups attached to an aromatic ring is 1. The van der Waals surface area contributed by atoms with E-state index in [4.69, 9.17) is 24.3 Å². The maximum Gasteiger partial charge on any atom is 0.510 e. The van der Waals surface area contributed by atoms with Crippen LogP contribution in [0.2, 0.25) is 0 Å². The van der Waals surface area contributed by atoms with Gasteiger partial charge in [-0.05, 0) is 20.8 Å². The Hall–Kier alpha value is -2.27. The number of fused-ring (bicyclic) bond motifs is 1. The Bertz CT molecular complexity index is 843. The Morgan fingerprint density at radius 1 is 1.29 bits per heavy atom. The van der Waals surface area contributed by atoms with Crippen LogP contribution in [0.5, 0.6) is 0 Å². The summed E-state index contributed by atoms with van der Waals surface area (Å²) in [6, 6.07) is 0. The van der Waals surface area contributed by atoms with Crippen LogP contribution in [-0.4, -0.2) is 58.1 Å². The van der Waals surface area contributed by atoms with Crippen LogP contribution < -0.4 is 5.73 Å². The number of ether oxygens (including phenoxy) is 3. The van der Waals surface area contributed by atoms with E-state index in [-0.39, 0.29) is 24.4 Å². The van der Waals surface area contributed by atoms with Gasteiger partial charge >= 0.3 is 13.8 Å². The van der Waals surface area contributed by atoms with Crippen LogP contribution in [-0.2, 0) is 34.4 Å². The number of imidazole rings is 1. The number of hydrogen-bond acceptors (Lipinski definition) is 11. The van der Waals surface area contributed by atoms with Gasteiger partial charge in [-0.15, -0.1) is 0 Å². The highest BCUT2D eigenvalue weighted by Gasteiger charge is 2.26. The largest absolute Gasteiger partial charge is 0.510 e. The quantitative estimate of drug-likeness (QED) is 0.344. The first-order valence-electron chi connectivity index (χ1n) is 8.39. The maximum absolute atomic E-state index is 12.5. The first-order valence-corrected chi connectivity index (χ1v) is 10.1. The predicted molar refractivity (Wildman–Crippen MR) is 98.4 cm³/mol. The van der Waals surface area contributed by atoms with Gasteiger partial charge in [0.1, 0.15) is 18.2 Å². The van der Waals surface area contributed by atoms with Gasteiger partial charge in [0.15, 0.2) is 11.5 Å². The molecule has 0 bridgehead atoms. The minimum atomic E-state index is -3.62. The molecule has 0 radical (unpaired) electrons. The SMILES string of the molecule is CO[P@@](=O)(CO[C@H](C)Cn1cnc2c(N)ncnc21)OCOC(=O)OC(C)C. The molecule has 0 aliphatic heterocycles. The number of carbonyl (C=O) groups excluding carboxylic acids is 1. The molecule has 2 atom stereocenters. The zero-order chi connectivity index (χ0) is 20.7. The van der Waals surface area contributed by atoms with Crippen molar-refractivity contribution < 1.29 is 32.6 Å². The number of nitrogens with two attached hydrogens (primary N) is 1. The number of aromatic nitrogens is 4. The second kappa shape index (κ2) is 9.78. The molecule has 0 aliphatic carbocycles. The van der Waals surface area contributed by atoms with Crippen LogP contribution in [0.4, 0.5) is 10.6 Å². The molecule has 2 rings (SSSR count). The molecule has 0 fully saturated rings. The smallest absolute Gasteiger partial charge is 0.432 e. The lowest BCUT2D eigenvalue weighted by Gasteiger charge is -2.19. The van der Waals surface area contributed by atoms with E-state index >= 15 is 0 Å². The molecule has 2 heterocycles. The summed E-state index contributed by atoms with van der Waals surface area (Å²) in [7, 11) is -2.40. The van der Waals surface area contributed by atoms with Crippen molar-refractivity contribution in [2.75, 3.05) is 26.0 Å². The molecule has 0 saturated heterocycles. The Morgan fingerprint density at radius 2 is 2.04 bits per heavy atom. The van der Waals surface area contributed by atoms with Crippen LogP contribution in [0.1, 0.15) is 20.8 Å². The summed E-state index contributed by atoms with van der Waals surface area (Å²) in [5.41, 5.74) is 6.81. The Balaban J connectivity index is 1.85. The molecule has 28 heavy (non-hydrogen) atoms. The van der Waals surface area contributed by atoms with Crippen molar-refractivity contribution >= 4 is 30.7 Å². The lowest BCUT2D eigenvalue weighted by Crippen LogP contribution is -2.19. The number of nitrogens with zero attached hydrogens (tertiary/aromatic N) is 4. The van der Waals surface area contributed by atoms with Crippen molar-refractivity contribution in [2.45, 2.75) is 39.5 Å². The number of rotatable bonds is 10. The molecule has 0 saturated carbocycles. The molecular weight excluding hydrogens is 393 g/mol. The van der Waals surface area contributed by atoms with Crippen LogP contribution in [0.3, 0.4) is 0 Å². The van der Waals surface area contributed by atoms with Crippen LogP contribution in [0.25, 0.3) is 11.2 Å². The first-order chi connectivity index (χ1) is 13.2. The first kappa shape index (κ1) is 22.0. The molecule has 13 heteroatoms. The second-order valence-corrected chi connectivity index (χ2v) is 8.14. The Kier molecular flexibility index (Phi) is 7.69. The fraction of sp³-hybridized carbons (Fsp3) is 0.600. The van der Waals surface area contributed by atoms with Crippen molar-refractivity contribution in [3.05, 3.63) is 12.7 Å². The van der Waals surface area contributed by atoms with Crippen LogP contribution >= 0.6 is 7.60 Å². The van der Waals surface area contributed by atoms with E-state index in [9.17, 15) is 9.36 Å². The fourth-order valence-electron chi connectivity index (χ4n) is 2.10. The normalized spacial score (nSPS) is 14.8. The third kappa shape index (κ3) is 6.13. The molecule has 156 valence electrons. The molecule has 0 unspecified atom stereocenters. The molecular formula is C15H24N5O7P. The molecule has 2 aromatic rings. The second-order valence-electron chi connectivity index (χ2n) is 6.04. The van der Waals surface area contributed by atoms with Gasteiger partial charge in [-0.3, -0.25) is 9.09 Å². The Morgan fingerprint density at radius 3 is 2.71 bits per heavy atom. The zero-order valence-corrected chi connectivity index (χ0v) is 17.0. The third-order valence-electron chi connectivity index (χ3n) is 3.44. The number of anilines is 1. The van der Waals surface area contributed by atoms with Gasteiger partial charge < -0.3 is 29.0 Å². The number of carbonyl (C=O) groups is 1. The predicted octanol–water partition coefficient (Wildman–Crippen LogP) is 2.15. The third-order valence-corrected chi connectivity index (χ3v) is 4.96. The monoisotopic (exact) mass is 417 g/mol. The molecule has 2 N–H and O–H groups in total. The van der Waals surface area contributed by atoms with Crippen molar-refractivity contribution in [3.63, 3.8) is 0 Å². The standard InChI is InChI=1S/C15H24N5O7P/c1-10(2)27-15(21)24-8-26-28(22,23-4)9-25-11(3)5-20-7-19-12-13(16)17-6-18-14(12)20/h6-7,10-11H,5,8-9H2,1-4H3,(H2,16,17,18)/t11-,28+/m1/s1. The Labute approximate surface area is 161 Å². The van der Waals surface area contributed by atoms with Gasteiger partial charge in [-0.25, -0.2) is 19.7 Å².